The van der Waals surface area contributed by atoms with Gasteiger partial charge < -0.3 is 10.6 Å². The molecule has 0 radical (unpaired) electrons. The zero-order chi connectivity index (χ0) is 16.8. The van der Waals surface area contributed by atoms with Crippen LogP contribution in [-0.4, -0.2) is 43.5 Å². The molecule has 0 aromatic carbocycles. The minimum atomic E-state index is 0.217. The van der Waals surface area contributed by atoms with E-state index in [2.05, 4.69) is 40.0 Å². The number of nitrogens with zero attached hydrogens (tertiary/aromatic N) is 1. The van der Waals surface area contributed by atoms with Gasteiger partial charge in [-0.25, -0.2) is 0 Å². The molecule has 5 heteroatoms. The molecule has 3 rings (SSSR count). The Morgan fingerprint density at radius 3 is 2.92 bits per heavy atom. The van der Waals surface area contributed by atoms with E-state index in [1.165, 1.54) is 24.1 Å². The van der Waals surface area contributed by atoms with Crippen LogP contribution < -0.4 is 10.6 Å². The highest BCUT2D eigenvalue weighted by atomic mass is 32.1. The van der Waals surface area contributed by atoms with E-state index in [9.17, 15) is 4.79 Å². The second-order valence-electron chi connectivity index (χ2n) is 7.45. The van der Waals surface area contributed by atoms with Gasteiger partial charge in [-0.3, -0.25) is 9.69 Å². The van der Waals surface area contributed by atoms with Crippen LogP contribution in [0.2, 0.25) is 0 Å². The highest BCUT2D eigenvalue weighted by Gasteiger charge is 2.25. The molecule has 0 saturated carbocycles. The van der Waals surface area contributed by atoms with E-state index in [4.69, 9.17) is 0 Å². The number of amides is 1. The zero-order valence-electron chi connectivity index (χ0n) is 14.8. The number of rotatable bonds is 7. The van der Waals surface area contributed by atoms with Crippen molar-refractivity contribution in [2.24, 2.45) is 11.8 Å². The molecule has 2 unspecified atom stereocenters. The van der Waals surface area contributed by atoms with Crippen molar-refractivity contribution in [3.05, 3.63) is 22.4 Å². The first-order valence-electron chi connectivity index (χ1n) is 9.47. The quantitative estimate of drug-likeness (QED) is 0.795. The van der Waals surface area contributed by atoms with E-state index in [-0.39, 0.29) is 5.91 Å². The third-order valence-electron chi connectivity index (χ3n) is 5.57. The zero-order valence-corrected chi connectivity index (χ0v) is 15.6. The Kier molecular flexibility index (Phi) is 6.69. The number of likely N-dealkylation sites (tertiary alicyclic amines) is 1. The van der Waals surface area contributed by atoms with Crippen molar-refractivity contribution in [2.45, 2.75) is 45.1 Å². The molecule has 0 aliphatic carbocycles. The molecular formula is C19H31N3OS. The molecule has 24 heavy (non-hydrogen) atoms. The number of hydrogen-bond donors (Lipinski definition) is 2. The third kappa shape index (κ3) is 5.04. The van der Waals surface area contributed by atoms with Gasteiger partial charge in [0.15, 0.2) is 0 Å². The van der Waals surface area contributed by atoms with Crippen LogP contribution in [0.4, 0.5) is 0 Å². The highest BCUT2D eigenvalue weighted by Crippen LogP contribution is 2.29. The molecule has 2 atom stereocenters. The standard InChI is InChI=1S/C19H31N3OS/c1-15-7-10-22(11-8-15)17(18-3-2-12-24-18)14-21-19(23)5-4-16-6-9-20-13-16/h2-3,12,15-17,20H,4-11,13-14H2,1H3,(H,21,23). The van der Waals surface area contributed by atoms with Gasteiger partial charge >= 0.3 is 0 Å². The van der Waals surface area contributed by atoms with Crippen molar-refractivity contribution in [2.75, 3.05) is 32.7 Å². The number of carbonyl (C=O) groups is 1. The van der Waals surface area contributed by atoms with Crippen LogP contribution in [0.15, 0.2) is 17.5 Å². The average Bonchev–Trinajstić information content (AvgIpc) is 3.28. The van der Waals surface area contributed by atoms with Crippen molar-refractivity contribution >= 4 is 17.2 Å². The number of piperidine rings is 1. The average molecular weight is 350 g/mol. The second-order valence-corrected chi connectivity index (χ2v) is 8.43. The highest BCUT2D eigenvalue weighted by molar-refractivity contribution is 7.10. The van der Waals surface area contributed by atoms with Crippen LogP contribution in [0.3, 0.4) is 0 Å². The minimum absolute atomic E-state index is 0.217. The first-order valence-corrected chi connectivity index (χ1v) is 10.3. The molecule has 2 aliphatic rings. The Labute approximate surface area is 150 Å². The first-order chi connectivity index (χ1) is 11.7. The molecule has 2 aliphatic heterocycles. The maximum atomic E-state index is 12.3. The summed E-state index contributed by atoms with van der Waals surface area (Å²) in [6.07, 6.45) is 5.44. The van der Waals surface area contributed by atoms with E-state index >= 15 is 0 Å². The van der Waals surface area contributed by atoms with Crippen LogP contribution in [0.5, 0.6) is 0 Å². The van der Waals surface area contributed by atoms with E-state index in [0.717, 1.165) is 45.1 Å². The molecule has 0 bridgehead atoms. The lowest BCUT2D eigenvalue weighted by Gasteiger charge is -2.36. The van der Waals surface area contributed by atoms with Crippen LogP contribution in [0, 0.1) is 11.8 Å². The van der Waals surface area contributed by atoms with Crippen molar-refractivity contribution in [3.63, 3.8) is 0 Å². The topological polar surface area (TPSA) is 44.4 Å². The maximum absolute atomic E-state index is 12.3. The van der Waals surface area contributed by atoms with Crippen molar-refractivity contribution in [3.8, 4) is 0 Å². The Morgan fingerprint density at radius 1 is 1.42 bits per heavy atom. The second kappa shape index (κ2) is 8.97. The summed E-state index contributed by atoms with van der Waals surface area (Å²) in [7, 11) is 0. The van der Waals surface area contributed by atoms with Gasteiger partial charge in [0.1, 0.15) is 0 Å². The fraction of sp³-hybridized carbons (Fsp3) is 0.737. The van der Waals surface area contributed by atoms with Gasteiger partial charge in [-0.2, -0.15) is 0 Å². The summed E-state index contributed by atoms with van der Waals surface area (Å²) >= 11 is 1.81. The van der Waals surface area contributed by atoms with E-state index in [0.29, 0.717) is 18.4 Å². The molecule has 1 aromatic rings. The van der Waals surface area contributed by atoms with Gasteiger partial charge in [0.25, 0.3) is 0 Å². The summed E-state index contributed by atoms with van der Waals surface area (Å²) in [5.41, 5.74) is 0. The first kappa shape index (κ1) is 17.9. The maximum Gasteiger partial charge on any atom is 0.220 e. The largest absolute Gasteiger partial charge is 0.354 e. The smallest absolute Gasteiger partial charge is 0.220 e. The van der Waals surface area contributed by atoms with Crippen LogP contribution in [0.25, 0.3) is 0 Å². The molecule has 3 heterocycles. The normalized spacial score (nSPS) is 24.1. The Morgan fingerprint density at radius 2 is 2.25 bits per heavy atom. The lowest BCUT2D eigenvalue weighted by molar-refractivity contribution is -0.121. The van der Waals surface area contributed by atoms with E-state index in [1.807, 2.05) is 11.3 Å². The van der Waals surface area contributed by atoms with Crippen LogP contribution >= 0.6 is 11.3 Å². The molecule has 4 nitrogen and oxygen atoms in total. The number of nitrogens with one attached hydrogen (secondary N) is 2. The Balaban J connectivity index is 1.49. The molecule has 1 amide bonds. The number of carbonyl (C=O) groups excluding carboxylic acids is 1. The Hall–Kier alpha value is -0.910. The summed E-state index contributed by atoms with van der Waals surface area (Å²) in [6.45, 7) is 7.58. The fourth-order valence-corrected chi connectivity index (χ4v) is 4.69. The summed E-state index contributed by atoms with van der Waals surface area (Å²) in [6, 6.07) is 4.67. The minimum Gasteiger partial charge on any atom is -0.354 e. The summed E-state index contributed by atoms with van der Waals surface area (Å²) in [4.78, 5) is 16.2. The van der Waals surface area contributed by atoms with E-state index in [1.54, 1.807) is 0 Å². The monoisotopic (exact) mass is 349 g/mol. The van der Waals surface area contributed by atoms with E-state index < -0.39 is 0 Å². The summed E-state index contributed by atoms with van der Waals surface area (Å²) in [5, 5.41) is 8.73. The van der Waals surface area contributed by atoms with Gasteiger partial charge in [0.2, 0.25) is 5.91 Å². The van der Waals surface area contributed by atoms with Gasteiger partial charge in [-0.15, -0.1) is 11.3 Å². The fourth-order valence-electron chi connectivity index (χ4n) is 3.83. The van der Waals surface area contributed by atoms with Gasteiger partial charge in [0, 0.05) is 17.8 Å². The molecular weight excluding hydrogens is 318 g/mol. The van der Waals surface area contributed by atoms with Crippen molar-refractivity contribution in [1.82, 2.24) is 15.5 Å². The lowest BCUT2D eigenvalue weighted by Crippen LogP contribution is -2.41. The molecule has 2 fully saturated rings. The van der Waals surface area contributed by atoms with Gasteiger partial charge in [0.05, 0.1) is 6.04 Å². The van der Waals surface area contributed by atoms with Crippen molar-refractivity contribution in [1.29, 1.82) is 0 Å². The van der Waals surface area contributed by atoms with Gasteiger partial charge in [-0.1, -0.05) is 13.0 Å². The molecule has 1 aromatic heterocycles. The molecule has 2 N–H and O–H groups in total. The molecule has 2 saturated heterocycles. The van der Waals surface area contributed by atoms with Crippen LogP contribution in [-0.2, 0) is 4.79 Å². The lowest BCUT2D eigenvalue weighted by atomic mass is 9.97. The van der Waals surface area contributed by atoms with Gasteiger partial charge in [-0.05, 0) is 75.1 Å². The molecule has 134 valence electrons. The summed E-state index contributed by atoms with van der Waals surface area (Å²) < 4.78 is 0. The van der Waals surface area contributed by atoms with Crippen LogP contribution in [0.1, 0.15) is 49.9 Å². The SMILES string of the molecule is CC1CCN(C(CNC(=O)CCC2CCNC2)c2cccs2)CC1. The predicted molar refractivity (Wildman–Crippen MR) is 100 cm³/mol. The van der Waals surface area contributed by atoms with Crippen molar-refractivity contribution < 1.29 is 4.79 Å². The molecule has 0 spiro atoms. The predicted octanol–water partition coefficient (Wildman–Crippen LogP) is 3.03. The number of thiophene rings is 1. The third-order valence-corrected chi connectivity index (χ3v) is 6.54. The Bertz CT molecular complexity index is 491. The summed E-state index contributed by atoms with van der Waals surface area (Å²) in [5.74, 6) is 1.74. The number of hydrogen-bond acceptors (Lipinski definition) is 4.